The third-order valence-corrected chi connectivity index (χ3v) is 5.28. The van der Waals surface area contributed by atoms with Gasteiger partial charge in [0.15, 0.2) is 0 Å². The second-order valence-corrected chi connectivity index (χ2v) is 6.92. The van der Waals surface area contributed by atoms with E-state index >= 15 is 0 Å². The maximum atomic E-state index is 13.2. The lowest BCUT2D eigenvalue weighted by atomic mass is 9.88. The van der Waals surface area contributed by atoms with Crippen molar-refractivity contribution in [3.8, 4) is 0 Å². The van der Waals surface area contributed by atoms with E-state index in [1.165, 1.54) is 11.1 Å². The Morgan fingerprint density at radius 3 is 2.62 bits per heavy atom. The molecule has 1 aliphatic heterocycles. The number of carbonyl (C=O) groups excluding carboxylic acids is 2. The van der Waals surface area contributed by atoms with E-state index in [0.29, 0.717) is 11.0 Å². The summed E-state index contributed by atoms with van der Waals surface area (Å²) in [5.41, 5.74) is -0.360. The van der Waals surface area contributed by atoms with Crippen molar-refractivity contribution in [2.75, 3.05) is 0 Å². The Morgan fingerprint density at radius 1 is 1.15 bits per heavy atom. The van der Waals surface area contributed by atoms with Crippen molar-refractivity contribution in [1.82, 2.24) is 19.8 Å². The highest BCUT2D eigenvalue weighted by atomic mass is 35.5. The first kappa shape index (κ1) is 16.6. The average molecular weight is 369 g/mol. The van der Waals surface area contributed by atoms with Crippen molar-refractivity contribution >= 4 is 34.3 Å². The van der Waals surface area contributed by atoms with Gasteiger partial charge in [-0.05, 0) is 23.3 Å². The molecule has 26 heavy (non-hydrogen) atoms. The standard InChI is InChI=1S/C19H17ClN4O2/c1-19(14-9-5-7-12-6-3-4-8-13(12)14)17(25)24(18(26)22-19)11-16-21-10-15(20)23(16)2/h3-10H,11H2,1-2H3,(H,22,26). The molecule has 3 aromatic rings. The normalized spacial score (nSPS) is 20.0. The molecule has 0 bridgehead atoms. The summed E-state index contributed by atoms with van der Waals surface area (Å²) in [6.45, 7) is 1.80. The Hall–Kier alpha value is -2.86. The molecule has 1 aliphatic rings. The molecule has 3 amide bonds. The number of imidazole rings is 1. The van der Waals surface area contributed by atoms with Crippen molar-refractivity contribution < 1.29 is 9.59 Å². The van der Waals surface area contributed by atoms with E-state index in [9.17, 15) is 9.59 Å². The van der Waals surface area contributed by atoms with Gasteiger partial charge in [0.2, 0.25) is 0 Å². The number of nitrogens with zero attached hydrogens (tertiary/aromatic N) is 3. The molecule has 1 aromatic heterocycles. The summed E-state index contributed by atoms with van der Waals surface area (Å²) in [4.78, 5) is 31.1. The maximum Gasteiger partial charge on any atom is 0.325 e. The Kier molecular flexibility index (Phi) is 3.73. The molecule has 1 saturated heterocycles. The number of hydrogen-bond acceptors (Lipinski definition) is 3. The van der Waals surface area contributed by atoms with Gasteiger partial charge in [0, 0.05) is 7.05 Å². The van der Waals surface area contributed by atoms with Crippen LogP contribution in [0.25, 0.3) is 10.8 Å². The van der Waals surface area contributed by atoms with Crippen molar-refractivity contribution in [3.05, 3.63) is 65.2 Å². The van der Waals surface area contributed by atoms with Crippen LogP contribution in [-0.4, -0.2) is 26.4 Å². The summed E-state index contributed by atoms with van der Waals surface area (Å²) in [7, 11) is 1.74. The predicted molar refractivity (Wildman–Crippen MR) is 98.6 cm³/mol. The zero-order valence-corrected chi connectivity index (χ0v) is 15.1. The molecule has 1 atom stereocenters. The molecule has 2 aromatic carbocycles. The van der Waals surface area contributed by atoms with Crippen molar-refractivity contribution in [2.45, 2.75) is 19.0 Å². The number of hydrogen-bond donors (Lipinski definition) is 1. The average Bonchev–Trinajstić information content (AvgIpc) is 3.07. The van der Waals surface area contributed by atoms with Gasteiger partial charge in [-0.2, -0.15) is 0 Å². The minimum Gasteiger partial charge on any atom is -0.321 e. The lowest BCUT2D eigenvalue weighted by Gasteiger charge is -2.24. The SMILES string of the molecule is Cn1c(Cl)cnc1CN1C(=O)NC(C)(c2cccc3ccccc23)C1=O. The van der Waals surface area contributed by atoms with Gasteiger partial charge >= 0.3 is 6.03 Å². The number of aromatic nitrogens is 2. The number of urea groups is 1. The van der Waals surface area contributed by atoms with Crippen LogP contribution >= 0.6 is 11.6 Å². The third kappa shape index (κ3) is 2.37. The van der Waals surface area contributed by atoms with Gasteiger partial charge in [-0.25, -0.2) is 9.78 Å². The Morgan fingerprint density at radius 2 is 1.88 bits per heavy atom. The van der Waals surface area contributed by atoms with Crippen LogP contribution in [0, 0.1) is 0 Å². The molecule has 1 fully saturated rings. The fraction of sp³-hybridized carbons (Fsp3) is 0.211. The van der Waals surface area contributed by atoms with Gasteiger partial charge in [-0.15, -0.1) is 0 Å². The van der Waals surface area contributed by atoms with Crippen LogP contribution in [0.15, 0.2) is 48.7 Å². The van der Waals surface area contributed by atoms with Crippen LogP contribution in [0.5, 0.6) is 0 Å². The number of carbonyl (C=O) groups is 2. The first-order valence-electron chi connectivity index (χ1n) is 8.20. The number of nitrogens with one attached hydrogen (secondary N) is 1. The molecule has 7 heteroatoms. The first-order valence-corrected chi connectivity index (χ1v) is 8.58. The summed E-state index contributed by atoms with van der Waals surface area (Å²) in [6.07, 6.45) is 1.50. The summed E-state index contributed by atoms with van der Waals surface area (Å²) in [5, 5.41) is 5.25. The van der Waals surface area contributed by atoms with E-state index in [2.05, 4.69) is 10.3 Å². The first-order chi connectivity index (χ1) is 12.4. The second kappa shape index (κ2) is 5.85. The van der Waals surface area contributed by atoms with Crippen molar-refractivity contribution in [2.24, 2.45) is 7.05 Å². The van der Waals surface area contributed by atoms with Crippen molar-refractivity contribution in [1.29, 1.82) is 0 Å². The number of imide groups is 1. The third-order valence-electron chi connectivity index (χ3n) is 4.93. The Bertz CT molecular complexity index is 1040. The highest BCUT2D eigenvalue weighted by Gasteiger charge is 2.49. The molecule has 4 rings (SSSR count). The topological polar surface area (TPSA) is 67.2 Å². The molecule has 0 aliphatic carbocycles. The van der Waals surface area contributed by atoms with Crippen molar-refractivity contribution in [3.63, 3.8) is 0 Å². The summed E-state index contributed by atoms with van der Waals surface area (Å²) < 4.78 is 1.65. The fourth-order valence-electron chi connectivity index (χ4n) is 3.40. The van der Waals surface area contributed by atoms with E-state index in [1.807, 2.05) is 42.5 Å². The maximum absolute atomic E-state index is 13.2. The van der Waals surface area contributed by atoms with Crippen LogP contribution in [0.3, 0.4) is 0 Å². The molecule has 0 radical (unpaired) electrons. The molecule has 1 N–H and O–H groups in total. The Balaban J connectivity index is 1.75. The van der Waals surface area contributed by atoms with Crippen LogP contribution in [0.4, 0.5) is 4.79 Å². The molecule has 2 heterocycles. The van der Waals surface area contributed by atoms with Gasteiger partial charge in [0.05, 0.1) is 12.7 Å². The molecule has 6 nitrogen and oxygen atoms in total. The quantitative estimate of drug-likeness (QED) is 0.722. The summed E-state index contributed by atoms with van der Waals surface area (Å²) >= 11 is 6.00. The van der Waals surface area contributed by atoms with Gasteiger partial charge in [-0.3, -0.25) is 9.69 Å². The second-order valence-electron chi connectivity index (χ2n) is 6.53. The van der Waals surface area contributed by atoms with E-state index in [1.54, 1.807) is 18.5 Å². The number of fused-ring (bicyclic) bond motifs is 1. The van der Waals surface area contributed by atoms with Crippen LogP contribution < -0.4 is 5.32 Å². The van der Waals surface area contributed by atoms with E-state index in [0.717, 1.165) is 16.3 Å². The largest absolute Gasteiger partial charge is 0.325 e. The lowest BCUT2D eigenvalue weighted by Crippen LogP contribution is -2.41. The van der Waals surface area contributed by atoms with Gasteiger partial charge in [-0.1, -0.05) is 54.1 Å². The molecule has 1 unspecified atom stereocenters. The van der Waals surface area contributed by atoms with E-state index in [4.69, 9.17) is 11.6 Å². The fourth-order valence-corrected chi connectivity index (χ4v) is 3.54. The number of rotatable bonds is 3. The van der Waals surface area contributed by atoms with Gasteiger partial charge < -0.3 is 9.88 Å². The number of halogens is 1. The van der Waals surface area contributed by atoms with Crippen LogP contribution in [0.2, 0.25) is 5.15 Å². The molecule has 0 spiro atoms. The highest BCUT2D eigenvalue weighted by Crippen LogP contribution is 2.34. The number of benzene rings is 2. The minimum atomic E-state index is -1.13. The smallest absolute Gasteiger partial charge is 0.321 e. The summed E-state index contributed by atoms with van der Waals surface area (Å²) in [6, 6.07) is 13.1. The molecule has 0 saturated carbocycles. The van der Waals surface area contributed by atoms with Crippen LogP contribution in [-0.2, 0) is 23.9 Å². The zero-order chi connectivity index (χ0) is 18.5. The van der Waals surface area contributed by atoms with E-state index < -0.39 is 11.6 Å². The molecule has 132 valence electrons. The predicted octanol–water partition coefficient (Wildman–Crippen LogP) is 3.19. The van der Waals surface area contributed by atoms with E-state index in [-0.39, 0.29) is 12.5 Å². The lowest BCUT2D eigenvalue weighted by molar-refractivity contribution is -0.131. The van der Waals surface area contributed by atoms with Crippen LogP contribution in [0.1, 0.15) is 18.3 Å². The molecular formula is C19H17ClN4O2. The zero-order valence-electron chi connectivity index (χ0n) is 14.4. The minimum absolute atomic E-state index is 0.0637. The number of amides is 3. The Labute approximate surface area is 155 Å². The summed E-state index contributed by atoms with van der Waals surface area (Å²) in [5.74, 6) is 0.235. The van der Waals surface area contributed by atoms with Gasteiger partial charge in [0.1, 0.15) is 16.5 Å². The monoisotopic (exact) mass is 368 g/mol. The highest BCUT2D eigenvalue weighted by molar-refractivity contribution is 6.29. The molecular weight excluding hydrogens is 352 g/mol. The van der Waals surface area contributed by atoms with Gasteiger partial charge in [0.25, 0.3) is 5.91 Å².